The molecule has 0 saturated heterocycles. The number of fused-ring (bicyclic) bond motifs is 7. The van der Waals surface area contributed by atoms with E-state index < -0.39 is 31.7 Å². The van der Waals surface area contributed by atoms with Crippen molar-refractivity contribution in [2.24, 2.45) is 0 Å². The summed E-state index contributed by atoms with van der Waals surface area (Å²) in [6, 6.07) is 31.4. The number of benzene rings is 5. The number of thiophene rings is 1. The summed E-state index contributed by atoms with van der Waals surface area (Å²) in [5, 5.41) is 9.61. The molecule has 8 nitrogen and oxygen atoms in total. The number of thiazole rings is 1. The van der Waals surface area contributed by atoms with Crippen molar-refractivity contribution in [1.29, 1.82) is 0 Å². The van der Waals surface area contributed by atoms with Crippen molar-refractivity contribution in [2.45, 2.75) is 37.6 Å². The fraction of sp³-hybridized carbons (Fsp3) is 0.195. The summed E-state index contributed by atoms with van der Waals surface area (Å²) in [5.74, 6) is -0.906. The van der Waals surface area contributed by atoms with Gasteiger partial charge in [-0.05, 0) is 69.8 Å². The van der Waals surface area contributed by atoms with Gasteiger partial charge in [-0.2, -0.15) is 4.57 Å². The zero-order valence-electron chi connectivity index (χ0n) is 29.2. The molecule has 3 heterocycles. The molecule has 5 aromatic carbocycles. The van der Waals surface area contributed by atoms with Gasteiger partial charge in [0.25, 0.3) is 5.01 Å². The van der Waals surface area contributed by atoms with Crippen LogP contribution in [0.25, 0.3) is 59.1 Å². The van der Waals surface area contributed by atoms with Gasteiger partial charge in [-0.15, -0.1) is 11.3 Å². The van der Waals surface area contributed by atoms with E-state index in [4.69, 9.17) is 0 Å². The first-order valence-electron chi connectivity index (χ1n) is 17.6. The first-order valence-corrected chi connectivity index (χ1v) is 23.2. The van der Waals surface area contributed by atoms with Gasteiger partial charge in [0.2, 0.25) is 5.52 Å². The van der Waals surface area contributed by atoms with Gasteiger partial charge in [-0.25, -0.2) is 16.8 Å². The molecule has 0 saturated carbocycles. The topological polar surface area (TPSA) is 122 Å². The average molecular weight is 812 g/mol. The van der Waals surface area contributed by atoms with E-state index in [9.17, 15) is 25.9 Å². The van der Waals surface area contributed by atoms with Crippen LogP contribution in [0.15, 0.2) is 118 Å². The van der Waals surface area contributed by atoms with Gasteiger partial charge in [0, 0.05) is 62.5 Å². The Morgan fingerprint density at radius 3 is 2.33 bits per heavy atom. The van der Waals surface area contributed by atoms with E-state index in [1.807, 2.05) is 24.3 Å². The van der Waals surface area contributed by atoms with Crippen molar-refractivity contribution in [2.75, 3.05) is 23.0 Å². The number of allylic oxidation sites excluding steroid dienone is 2. The van der Waals surface area contributed by atoms with Crippen LogP contribution in [0.3, 0.4) is 0 Å². The SMILES string of the molecule is CCC(/C=C1\Sc2ccc3c(ccc4ccccc43)c2N1CCCS(=O)(=O)[O-])=C\c1sc2ccc(-c3csc4ccccc34)cc2[n+]1CCCS(=O)(=O)[O-]. The molecule has 0 spiro atoms. The van der Waals surface area contributed by atoms with Gasteiger partial charge >= 0.3 is 0 Å². The van der Waals surface area contributed by atoms with Crippen LogP contribution >= 0.6 is 34.4 Å². The van der Waals surface area contributed by atoms with Crippen molar-refractivity contribution >= 4 is 108 Å². The van der Waals surface area contributed by atoms with Crippen LogP contribution in [0, 0.1) is 0 Å². The maximum atomic E-state index is 11.6. The Balaban J connectivity index is 1.22. The maximum Gasteiger partial charge on any atom is 0.263 e. The van der Waals surface area contributed by atoms with E-state index >= 15 is 0 Å². The van der Waals surface area contributed by atoms with Crippen molar-refractivity contribution in [1.82, 2.24) is 0 Å². The Kier molecular flexibility index (Phi) is 10.2. The van der Waals surface area contributed by atoms with Crippen LogP contribution in [0.5, 0.6) is 0 Å². The van der Waals surface area contributed by atoms with Crippen LogP contribution in [0.4, 0.5) is 5.69 Å². The highest BCUT2D eigenvalue weighted by Crippen LogP contribution is 2.51. The van der Waals surface area contributed by atoms with Crippen LogP contribution in [0.2, 0.25) is 0 Å². The number of thioether (sulfide) groups is 1. The van der Waals surface area contributed by atoms with Crippen LogP contribution in [-0.2, 0) is 26.8 Å². The molecule has 1 aliphatic rings. The monoisotopic (exact) mass is 811 g/mol. The summed E-state index contributed by atoms with van der Waals surface area (Å²) in [6.45, 7) is 2.78. The van der Waals surface area contributed by atoms with Crippen molar-refractivity contribution in [3.05, 3.63) is 118 Å². The summed E-state index contributed by atoms with van der Waals surface area (Å²) >= 11 is 4.93. The molecule has 13 heteroatoms. The van der Waals surface area contributed by atoms with E-state index in [2.05, 4.69) is 101 Å². The van der Waals surface area contributed by atoms with E-state index in [1.54, 1.807) is 34.4 Å². The fourth-order valence-electron chi connectivity index (χ4n) is 7.19. The van der Waals surface area contributed by atoms with E-state index in [0.717, 1.165) is 69.1 Å². The summed E-state index contributed by atoms with van der Waals surface area (Å²) in [5.41, 5.74) is 5.18. The molecule has 2 aromatic heterocycles. The second-order valence-electron chi connectivity index (χ2n) is 13.3. The molecule has 1 aliphatic heterocycles. The van der Waals surface area contributed by atoms with Gasteiger partial charge in [-0.1, -0.05) is 96.8 Å². The largest absolute Gasteiger partial charge is 0.748 e. The highest BCUT2D eigenvalue weighted by molar-refractivity contribution is 8.03. The zero-order valence-corrected chi connectivity index (χ0v) is 33.3. The zero-order chi connectivity index (χ0) is 37.6. The van der Waals surface area contributed by atoms with Gasteiger partial charge in [0.15, 0.2) is 6.54 Å². The van der Waals surface area contributed by atoms with Crippen molar-refractivity contribution in [3.8, 4) is 11.1 Å². The Labute approximate surface area is 326 Å². The van der Waals surface area contributed by atoms with Gasteiger partial charge in [0.05, 0.1) is 31.0 Å². The van der Waals surface area contributed by atoms with E-state index in [1.165, 1.54) is 10.1 Å². The molecular formula is C41H35N2O6S5-. The molecule has 7 aromatic rings. The molecule has 276 valence electrons. The van der Waals surface area contributed by atoms with Gasteiger partial charge in [0.1, 0.15) is 4.70 Å². The summed E-state index contributed by atoms with van der Waals surface area (Å²) in [7, 11) is -8.77. The summed E-state index contributed by atoms with van der Waals surface area (Å²) in [6.07, 6.45) is 5.30. The lowest BCUT2D eigenvalue weighted by molar-refractivity contribution is -0.668. The Morgan fingerprint density at radius 1 is 0.796 bits per heavy atom. The van der Waals surface area contributed by atoms with Crippen molar-refractivity contribution in [3.63, 3.8) is 0 Å². The third-order valence-corrected chi connectivity index (χ3v) is 14.5. The quantitative estimate of drug-likeness (QED) is 0.0680. The fourth-order valence-corrected chi connectivity index (χ4v) is 11.5. The van der Waals surface area contributed by atoms with Gasteiger partial charge < -0.3 is 14.0 Å². The lowest BCUT2D eigenvalue weighted by atomic mass is 10.0. The predicted molar refractivity (Wildman–Crippen MR) is 222 cm³/mol. The Morgan fingerprint density at radius 2 is 1.54 bits per heavy atom. The number of nitrogens with zero attached hydrogens (tertiary/aromatic N) is 2. The maximum absolute atomic E-state index is 11.6. The number of hydrogen-bond donors (Lipinski definition) is 0. The highest BCUT2D eigenvalue weighted by Gasteiger charge is 2.28. The van der Waals surface area contributed by atoms with Crippen LogP contribution < -0.4 is 9.47 Å². The second kappa shape index (κ2) is 14.9. The molecule has 0 unspecified atom stereocenters. The van der Waals surface area contributed by atoms with E-state index in [-0.39, 0.29) is 12.8 Å². The number of anilines is 1. The predicted octanol–water partition coefficient (Wildman–Crippen LogP) is 9.49. The molecule has 0 N–H and O–H groups in total. The number of hydrogen-bond acceptors (Lipinski definition) is 10. The number of rotatable bonds is 12. The molecule has 0 amide bonds. The van der Waals surface area contributed by atoms with Gasteiger partial charge in [-0.3, -0.25) is 0 Å². The first kappa shape index (κ1) is 36.9. The second-order valence-corrected chi connectivity index (χ2v) is 19.3. The lowest BCUT2D eigenvalue weighted by Crippen LogP contribution is -2.36. The molecule has 0 bridgehead atoms. The first-order chi connectivity index (χ1) is 26.0. The molecular weight excluding hydrogens is 777 g/mol. The number of aromatic nitrogens is 1. The third kappa shape index (κ3) is 7.59. The molecule has 0 radical (unpaired) electrons. The standard InChI is InChI=1S/C41H36N2O6S5/c1-2-27(24-40-43(20-8-22-54(47,48)49)41-33-15-13-28-9-3-4-10-30(28)31(33)16-18-38(41)52-40)23-39-42(19-7-21-53(44,45)46)35-25-29(14-17-37(35)51-39)34-26-50-36-12-6-5-11-32(34)36/h3-6,9-18,23-26H,2,7-8,19-22H2,1H3,(H-,44,45,46,47,48,49)/p-1. The lowest BCUT2D eigenvalue weighted by Gasteiger charge is -2.23. The molecule has 54 heavy (non-hydrogen) atoms. The normalized spacial score (nSPS) is 14.7. The smallest absolute Gasteiger partial charge is 0.263 e. The minimum absolute atomic E-state index is 0.180. The van der Waals surface area contributed by atoms with Crippen LogP contribution in [-0.4, -0.2) is 44.0 Å². The minimum atomic E-state index is -4.39. The molecule has 8 rings (SSSR count). The molecule has 0 fully saturated rings. The van der Waals surface area contributed by atoms with Crippen molar-refractivity contribution < 1.29 is 30.5 Å². The minimum Gasteiger partial charge on any atom is -0.748 e. The Hall–Kier alpha value is -4.08. The summed E-state index contributed by atoms with van der Waals surface area (Å²) in [4.78, 5) is 3.19. The highest BCUT2D eigenvalue weighted by atomic mass is 32.2. The Bertz CT molecular complexity index is 2870. The summed E-state index contributed by atoms with van der Waals surface area (Å²) < 4.78 is 74.2. The molecule has 0 atom stereocenters. The number of aryl methyl sites for hydroxylation is 1. The molecule has 0 aliphatic carbocycles. The van der Waals surface area contributed by atoms with Crippen LogP contribution in [0.1, 0.15) is 31.2 Å². The van der Waals surface area contributed by atoms with E-state index in [0.29, 0.717) is 19.5 Å². The average Bonchev–Trinajstić information content (AvgIpc) is 3.83. The third-order valence-electron chi connectivity index (χ3n) is 9.71.